The van der Waals surface area contributed by atoms with Gasteiger partial charge in [-0.15, -0.1) is 0 Å². The van der Waals surface area contributed by atoms with E-state index < -0.39 is 91.1 Å². The first kappa shape index (κ1) is 55.9. The number of aliphatic carboxylic acids is 1. The maximum Gasteiger partial charge on any atom is 0.306 e. The van der Waals surface area contributed by atoms with Crippen molar-refractivity contribution in [2.75, 3.05) is 25.6 Å². The molecule has 0 unspecified atom stereocenters. The number of ketones is 1. The standard InChI is InChI=1S/C25H31F3O5S.C21H25ClN2O3.C6H6O3S/c1-5-20(31)33-25(21(32)34-12-26)13(2)8-15-16-10-18(27)17-9-14(29)6-7-22(17,3)24(16,28)19(30)11-23(15,25)4;22-17-8-6-16(7-9-17)21(19-4-1-2-12-23-19)27-18-10-14-24(15-11-18)13-3-5-20(25)26;7-10(8,9)6-4-2-1-3-5-6/h6-7,9,13,15-16,18-19,30H,5,8,10-12H2,1-4H3;1-2,4,6-9,12,18,21H,3,5,10-11,13-15H2,(H,25,26);1-5H,(H,7,8,9)/t13-,15+,16+,18+,19+,22+,23+,24+,25+;21-;/m10./s1. The fourth-order valence-electron chi connectivity index (χ4n) is 11.6. The minimum atomic E-state index is -4.00. The van der Waals surface area contributed by atoms with E-state index in [-0.39, 0.29) is 54.8 Å². The van der Waals surface area contributed by atoms with E-state index in [0.717, 1.165) is 49.8 Å². The van der Waals surface area contributed by atoms with Crippen molar-refractivity contribution in [2.45, 2.75) is 120 Å². The summed E-state index contributed by atoms with van der Waals surface area (Å²) in [6, 6.07) is 20.0. The number of benzene rings is 2. The van der Waals surface area contributed by atoms with E-state index in [9.17, 15) is 37.1 Å². The molecule has 2 heterocycles. The highest BCUT2D eigenvalue weighted by Gasteiger charge is 2.78. The lowest BCUT2D eigenvalue weighted by molar-refractivity contribution is -0.228. The summed E-state index contributed by atoms with van der Waals surface area (Å²) < 4.78 is 87.5. The molecule has 0 bridgehead atoms. The molecule has 4 fully saturated rings. The number of aliphatic hydroxyl groups excluding tert-OH is 1. The van der Waals surface area contributed by atoms with Crippen LogP contribution in [0.5, 0.6) is 0 Å². The molecule has 1 saturated heterocycles. The Morgan fingerprint density at radius 2 is 1.66 bits per heavy atom. The Kier molecular flexibility index (Phi) is 18.3. The number of ether oxygens (including phenoxy) is 2. The average molecular weight is 1050 g/mol. The van der Waals surface area contributed by atoms with Gasteiger partial charge in [-0.1, -0.05) is 74.8 Å². The number of aliphatic hydroxyl groups is 1. The molecular formula is C52H62ClF3N2O11S2. The maximum absolute atomic E-state index is 17.2. The van der Waals surface area contributed by atoms with Crippen molar-refractivity contribution in [3.05, 3.63) is 119 Å². The highest BCUT2D eigenvalue weighted by molar-refractivity contribution is 8.13. The third-order valence-corrected chi connectivity index (χ3v) is 16.9. The van der Waals surface area contributed by atoms with Gasteiger partial charge in [0.05, 0.1) is 22.8 Å². The number of nitrogens with zero attached hydrogens (tertiary/aromatic N) is 2. The molecule has 19 heteroatoms. The van der Waals surface area contributed by atoms with Gasteiger partial charge in [-0.25, -0.2) is 13.2 Å². The van der Waals surface area contributed by atoms with Gasteiger partial charge in [0.2, 0.25) is 5.12 Å². The van der Waals surface area contributed by atoms with Gasteiger partial charge in [0, 0.05) is 59.8 Å². The number of carbonyl (C=O) groups is 4. The second-order valence-electron chi connectivity index (χ2n) is 19.2. The SMILES string of the molecule is CCC(=O)O[C@]1(C(=O)SCF)[C@H](C)C[C@H]2[C@@H]3C[C@H](F)C4=CC(=O)C=C[C@]4(C)[C@@]3(F)[C@@H](O)C[C@@]21C.O=C(O)CCCN1CCC(O[C@@H](c2ccc(Cl)cc2)c2ccccn2)CC1.O=S(=O)(O)c1ccccc1. The van der Waals surface area contributed by atoms with Crippen LogP contribution in [-0.2, 0) is 38.8 Å². The number of fused-ring (bicyclic) bond motifs is 5. The molecule has 5 aliphatic rings. The molecule has 0 amide bonds. The van der Waals surface area contributed by atoms with Crippen molar-refractivity contribution in [3.63, 3.8) is 0 Å². The van der Waals surface area contributed by atoms with Gasteiger partial charge >= 0.3 is 11.9 Å². The number of pyridine rings is 1. The first-order valence-corrected chi connectivity index (χ1v) is 26.6. The zero-order chi connectivity index (χ0) is 51.9. The van der Waals surface area contributed by atoms with E-state index in [2.05, 4.69) is 9.88 Å². The fraction of sp³-hybridized carbons (Fsp3) is 0.519. The smallest absolute Gasteiger partial charge is 0.306 e. The quantitative estimate of drug-likeness (QED) is 0.108. The van der Waals surface area contributed by atoms with Crippen molar-refractivity contribution in [1.82, 2.24) is 9.88 Å². The number of aromatic nitrogens is 1. The van der Waals surface area contributed by atoms with Crippen LogP contribution in [0, 0.1) is 28.6 Å². The summed E-state index contributed by atoms with van der Waals surface area (Å²) in [5, 5.41) is 20.2. The minimum Gasteiger partial charge on any atom is -0.481 e. The Morgan fingerprint density at radius 1 is 1.00 bits per heavy atom. The largest absolute Gasteiger partial charge is 0.481 e. The number of carbonyl (C=O) groups excluding carboxylic acids is 3. The molecule has 4 aliphatic carbocycles. The van der Waals surface area contributed by atoms with Gasteiger partial charge in [0.1, 0.15) is 18.3 Å². The summed E-state index contributed by atoms with van der Waals surface area (Å²) >= 11 is 6.43. The van der Waals surface area contributed by atoms with Gasteiger partial charge in [0.25, 0.3) is 10.1 Å². The summed E-state index contributed by atoms with van der Waals surface area (Å²) in [6.07, 6.45) is 4.68. The Hall–Kier alpha value is -4.43. The first-order chi connectivity index (χ1) is 33.5. The second kappa shape index (κ2) is 23.2. The van der Waals surface area contributed by atoms with Crippen LogP contribution in [0.1, 0.15) is 96.4 Å². The molecular weight excluding hydrogens is 985 g/mol. The van der Waals surface area contributed by atoms with Crippen LogP contribution < -0.4 is 0 Å². The van der Waals surface area contributed by atoms with Crippen LogP contribution in [-0.4, -0.2) is 111 Å². The number of piperidine rings is 1. The molecule has 1 aromatic heterocycles. The molecule has 0 spiro atoms. The molecule has 3 N–H and O–H groups in total. The van der Waals surface area contributed by atoms with Crippen molar-refractivity contribution < 1.29 is 65.0 Å². The molecule has 2 aromatic carbocycles. The minimum absolute atomic E-state index is 0.0141. The molecule has 0 radical (unpaired) electrons. The number of esters is 1. The molecule has 10 atom stereocenters. The summed E-state index contributed by atoms with van der Waals surface area (Å²) in [5.41, 5.74) is -4.90. The van der Waals surface area contributed by atoms with Crippen molar-refractivity contribution in [3.8, 4) is 0 Å². The van der Waals surface area contributed by atoms with Gasteiger partial charge in [-0.2, -0.15) is 8.42 Å². The average Bonchev–Trinajstić information content (AvgIpc) is 3.56. The Bertz CT molecular complexity index is 2540. The van der Waals surface area contributed by atoms with Gasteiger partial charge in [-0.3, -0.25) is 28.7 Å². The summed E-state index contributed by atoms with van der Waals surface area (Å²) in [4.78, 5) is 55.2. The number of alkyl halides is 3. The summed E-state index contributed by atoms with van der Waals surface area (Å²) in [5.74, 6) is -4.02. The van der Waals surface area contributed by atoms with Gasteiger partial charge in [0.15, 0.2) is 17.1 Å². The molecule has 3 aromatic rings. The van der Waals surface area contributed by atoms with E-state index >= 15 is 8.78 Å². The lowest BCUT2D eigenvalue weighted by atomic mass is 9.44. The Morgan fingerprint density at radius 3 is 2.24 bits per heavy atom. The normalized spacial score (nSPS) is 30.7. The van der Waals surface area contributed by atoms with E-state index in [1.54, 1.807) is 45.2 Å². The maximum atomic E-state index is 17.2. The second-order valence-corrected chi connectivity index (χ2v) is 22.0. The number of rotatable bonds is 13. The van der Waals surface area contributed by atoms with Crippen molar-refractivity contribution in [1.29, 1.82) is 0 Å². The van der Waals surface area contributed by atoms with Crippen LogP contribution in [0.15, 0.2) is 108 Å². The number of allylic oxidation sites excluding steroid dienone is 4. The number of hydrogen-bond donors (Lipinski definition) is 3. The van der Waals surface area contributed by atoms with Crippen LogP contribution in [0.3, 0.4) is 0 Å². The molecule has 8 rings (SSSR count). The molecule has 71 heavy (non-hydrogen) atoms. The van der Waals surface area contributed by atoms with E-state index in [0.29, 0.717) is 23.2 Å². The van der Waals surface area contributed by atoms with Gasteiger partial charge in [-0.05, 0) is 129 Å². The van der Waals surface area contributed by atoms with Crippen LogP contribution in [0.4, 0.5) is 13.2 Å². The monoisotopic (exact) mass is 1050 g/mol. The lowest BCUT2D eigenvalue weighted by Gasteiger charge is -2.63. The number of halogens is 4. The van der Waals surface area contributed by atoms with E-state index in [1.165, 1.54) is 31.2 Å². The Labute approximate surface area is 422 Å². The van der Waals surface area contributed by atoms with Crippen LogP contribution >= 0.6 is 23.4 Å². The third kappa shape index (κ3) is 11.7. The fourth-order valence-corrected chi connectivity index (χ4v) is 13.0. The highest BCUT2D eigenvalue weighted by Crippen LogP contribution is 2.72. The van der Waals surface area contributed by atoms with Crippen molar-refractivity contribution >= 4 is 56.3 Å². The van der Waals surface area contributed by atoms with Crippen LogP contribution in [0.2, 0.25) is 5.02 Å². The topological polar surface area (TPSA) is 198 Å². The summed E-state index contributed by atoms with van der Waals surface area (Å²) in [7, 11) is -4.00. The third-order valence-electron chi connectivity index (χ3n) is 15.1. The number of carboxylic acid groups (broad SMARTS) is 1. The highest BCUT2D eigenvalue weighted by atomic mass is 35.5. The van der Waals surface area contributed by atoms with Crippen molar-refractivity contribution in [2.24, 2.45) is 28.6 Å². The predicted molar refractivity (Wildman–Crippen MR) is 262 cm³/mol. The molecule has 3 saturated carbocycles. The zero-order valence-electron chi connectivity index (χ0n) is 40.1. The molecule has 386 valence electrons. The Balaban J connectivity index is 0.000000198. The van der Waals surface area contributed by atoms with E-state index in [4.69, 9.17) is 30.7 Å². The zero-order valence-corrected chi connectivity index (χ0v) is 42.5. The number of carboxylic acids is 1. The molecule has 1 aliphatic heterocycles. The number of likely N-dealkylation sites (tertiary alicyclic amines) is 1. The molecule has 13 nitrogen and oxygen atoms in total. The number of hydrogen-bond acceptors (Lipinski definition) is 12. The van der Waals surface area contributed by atoms with Crippen LogP contribution in [0.25, 0.3) is 0 Å². The van der Waals surface area contributed by atoms with E-state index in [1.807, 2.05) is 42.5 Å². The van der Waals surface area contributed by atoms with Gasteiger partial charge < -0.3 is 24.6 Å². The first-order valence-electron chi connectivity index (χ1n) is 23.8. The number of thioether (sulfide) groups is 1. The summed E-state index contributed by atoms with van der Waals surface area (Å²) in [6.45, 7) is 9.14. The lowest BCUT2D eigenvalue weighted by Crippen LogP contribution is -2.70. The predicted octanol–water partition coefficient (Wildman–Crippen LogP) is 9.53.